The molecule has 3 heterocycles. The monoisotopic (exact) mass is 403 g/mol. The van der Waals surface area contributed by atoms with Crippen LogP contribution >= 0.6 is 0 Å². The Labute approximate surface area is 163 Å². The van der Waals surface area contributed by atoms with E-state index in [0.29, 0.717) is 24.2 Å². The molecule has 0 bridgehead atoms. The van der Waals surface area contributed by atoms with Crippen molar-refractivity contribution in [3.8, 4) is 6.07 Å². The molecule has 11 heteroatoms. The fourth-order valence-corrected chi connectivity index (χ4v) is 3.06. The third-order valence-electron chi connectivity index (χ3n) is 4.62. The molecule has 1 fully saturated rings. The number of anilines is 3. The summed E-state index contributed by atoms with van der Waals surface area (Å²) < 4.78 is 48.8. The highest BCUT2D eigenvalue weighted by Gasteiger charge is 2.26. The molecule has 0 spiro atoms. The number of alkyl halides is 1. The molecule has 8 nitrogen and oxygen atoms in total. The van der Waals surface area contributed by atoms with Gasteiger partial charge < -0.3 is 15.4 Å². The lowest BCUT2D eigenvalue weighted by atomic mass is 10.1. The van der Waals surface area contributed by atoms with E-state index in [2.05, 4.69) is 25.6 Å². The number of hydrogen-bond acceptors (Lipinski definition) is 7. The summed E-state index contributed by atoms with van der Waals surface area (Å²) in [6.45, 7) is 0.462. The zero-order chi connectivity index (χ0) is 20.5. The number of nitrogens with one attached hydrogen (secondary N) is 2. The minimum Gasteiger partial charge on any atom is -0.378 e. The number of aryl methyl sites for hydroxylation is 1. The van der Waals surface area contributed by atoms with E-state index in [9.17, 15) is 13.2 Å². The highest BCUT2D eigenvalue weighted by Crippen LogP contribution is 2.26. The van der Waals surface area contributed by atoms with E-state index in [1.54, 1.807) is 13.1 Å². The summed E-state index contributed by atoms with van der Waals surface area (Å²) >= 11 is 0. The Kier molecular flexibility index (Phi) is 4.94. The lowest BCUT2D eigenvalue weighted by molar-refractivity contribution is 0.0284. The molecular weight excluding hydrogens is 387 g/mol. The molecule has 1 saturated heterocycles. The number of imidazole rings is 1. The van der Waals surface area contributed by atoms with Crippen molar-refractivity contribution in [1.82, 2.24) is 19.5 Å². The summed E-state index contributed by atoms with van der Waals surface area (Å²) in [7, 11) is 1.61. The molecule has 2 N–H and O–H groups in total. The predicted octanol–water partition coefficient (Wildman–Crippen LogP) is 2.80. The molecule has 1 aliphatic rings. The Balaban J connectivity index is 1.62. The van der Waals surface area contributed by atoms with Crippen LogP contribution in [-0.2, 0) is 11.8 Å². The first-order chi connectivity index (χ1) is 14.0. The quantitative estimate of drug-likeness (QED) is 0.691. The van der Waals surface area contributed by atoms with Crippen LogP contribution in [0.1, 0.15) is 12.0 Å². The van der Waals surface area contributed by atoms with Gasteiger partial charge >= 0.3 is 0 Å². The second-order valence-electron chi connectivity index (χ2n) is 6.58. The van der Waals surface area contributed by atoms with Gasteiger partial charge in [0.25, 0.3) is 0 Å². The molecule has 0 radical (unpaired) electrons. The Bertz CT molecular complexity index is 1090. The zero-order valence-electron chi connectivity index (χ0n) is 15.3. The van der Waals surface area contributed by atoms with Gasteiger partial charge in [0, 0.05) is 13.7 Å². The minimum absolute atomic E-state index is 0.0153. The van der Waals surface area contributed by atoms with E-state index in [4.69, 9.17) is 10.00 Å². The van der Waals surface area contributed by atoms with Gasteiger partial charge in [-0.2, -0.15) is 10.2 Å². The summed E-state index contributed by atoms with van der Waals surface area (Å²) in [6, 6.07) is 3.08. The number of nitrogens with zero attached hydrogens (tertiary/aromatic N) is 5. The predicted molar refractivity (Wildman–Crippen MR) is 98.4 cm³/mol. The van der Waals surface area contributed by atoms with E-state index in [0.717, 1.165) is 12.1 Å². The lowest BCUT2D eigenvalue weighted by Gasteiger charge is -2.26. The lowest BCUT2D eigenvalue weighted by Crippen LogP contribution is -2.39. The van der Waals surface area contributed by atoms with Crippen LogP contribution in [0.15, 0.2) is 18.3 Å². The molecule has 0 aliphatic carbocycles. The molecule has 2 atom stereocenters. The number of benzene rings is 1. The van der Waals surface area contributed by atoms with Crippen molar-refractivity contribution in [2.75, 3.05) is 23.8 Å². The topological polar surface area (TPSA) is 101 Å². The normalized spacial score (nSPS) is 19.1. The summed E-state index contributed by atoms with van der Waals surface area (Å²) in [5.74, 6) is -1.49. The third-order valence-corrected chi connectivity index (χ3v) is 4.62. The molecule has 0 amide bonds. The summed E-state index contributed by atoms with van der Waals surface area (Å²) in [5, 5.41) is 14.3. The average Bonchev–Trinajstić information content (AvgIpc) is 3.01. The fraction of sp³-hybridized carbons (Fsp3) is 0.333. The highest BCUT2D eigenvalue weighted by atomic mass is 19.1. The fourth-order valence-electron chi connectivity index (χ4n) is 3.06. The Hall–Kier alpha value is -3.39. The van der Waals surface area contributed by atoms with E-state index in [1.165, 1.54) is 10.8 Å². The maximum absolute atomic E-state index is 14.2. The zero-order valence-corrected chi connectivity index (χ0v) is 15.3. The number of rotatable bonds is 4. The summed E-state index contributed by atoms with van der Waals surface area (Å²) in [6.07, 6.45) is 0.750. The summed E-state index contributed by atoms with van der Waals surface area (Å²) in [5.41, 5.74) is 0.216. The van der Waals surface area contributed by atoms with Crippen molar-refractivity contribution >= 4 is 28.7 Å². The van der Waals surface area contributed by atoms with Crippen molar-refractivity contribution < 1.29 is 17.9 Å². The Morgan fingerprint density at radius 1 is 1.28 bits per heavy atom. The Morgan fingerprint density at radius 3 is 2.72 bits per heavy atom. The van der Waals surface area contributed by atoms with Crippen LogP contribution in [0.2, 0.25) is 0 Å². The van der Waals surface area contributed by atoms with Gasteiger partial charge in [-0.25, -0.2) is 23.1 Å². The number of aromatic nitrogens is 4. The molecular formula is C18H16F3N7O. The molecule has 1 aromatic carbocycles. The molecule has 0 unspecified atom stereocenters. The second-order valence-corrected chi connectivity index (χ2v) is 6.58. The number of nitriles is 1. The van der Waals surface area contributed by atoms with Crippen LogP contribution in [0.4, 0.5) is 30.8 Å². The standard InChI is InChI=1S/C18H16F3N7O/c1-28-16-14(7-23-17(27-16)24-13-2-3-29-8-12(13)21)25-18(28)26-15-10(19)4-9(6-22)5-11(15)20/h4-5,7,12-13H,2-3,8H2,1H3,(H,25,26)(H,23,24,27)/t12-,13+/m1/s1. The van der Waals surface area contributed by atoms with Crippen molar-refractivity contribution in [2.45, 2.75) is 18.6 Å². The van der Waals surface area contributed by atoms with Gasteiger partial charge in [-0.1, -0.05) is 0 Å². The molecule has 150 valence electrons. The molecule has 3 aromatic rings. The third kappa shape index (κ3) is 3.66. The summed E-state index contributed by atoms with van der Waals surface area (Å²) in [4.78, 5) is 12.7. The van der Waals surface area contributed by atoms with Gasteiger partial charge in [0.15, 0.2) is 17.3 Å². The highest BCUT2D eigenvalue weighted by molar-refractivity contribution is 5.76. The minimum atomic E-state index is -1.17. The first-order valence-corrected chi connectivity index (χ1v) is 8.80. The number of ether oxygens (including phenoxy) is 1. The number of fused-ring (bicyclic) bond motifs is 1. The first kappa shape index (κ1) is 18.9. The van der Waals surface area contributed by atoms with Gasteiger partial charge in [-0.15, -0.1) is 0 Å². The molecule has 29 heavy (non-hydrogen) atoms. The first-order valence-electron chi connectivity index (χ1n) is 8.80. The average molecular weight is 403 g/mol. The van der Waals surface area contributed by atoms with E-state index >= 15 is 0 Å². The van der Waals surface area contributed by atoms with Crippen LogP contribution in [-0.4, -0.2) is 44.9 Å². The Morgan fingerprint density at radius 2 is 2.03 bits per heavy atom. The van der Waals surface area contributed by atoms with Crippen LogP contribution in [0, 0.1) is 23.0 Å². The van der Waals surface area contributed by atoms with E-state index in [1.807, 2.05) is 0 Å². The maximum atomic E-state index is 14.2. The second kappa shape index (κ2) is 7.56. The van der Waals surface area contributed by atoms with Crippen LogP contribution in [0.5, 0.6) is 0 Å². The van der Waals surface area contributed by atoms with Crippen LogP contribution < -0.4 is 10.6 Å². The maximum Gasteiger partial charge on any atom is 0.225 e. The SMILES string of the molecule is Cn1c(Nc2c(F)cc(C#N)cc2F)nc2cnc(N[C@H]3CCOC[C@H]3F)nc21. The van der Waals surface area contributed by atoms with Gasteiger partial charge in [-0.05, 0) is 18.6 Å². The van der Waals surface area contributed by atoms with E-state index in [-0.39, 0.29) is 24.1 Å². The van der Waals surface area contributed by atoms with Gasteiger partial charge in [0.2, 0.25) is 11.9 Å². The van der Waals surface area contributed by atoms with Crippen molar-refractivity contribution in [3.05, 3.63) is 35.5 Å². The molecule has 4 rings (SSSR count). The smallest absolute Gasteiger partial charge is 0.225 e. The molecule has 1 aliphatic heterocycles. The van der Waals surface area contributed by atoms with Gasteiger partial charge in [-0.3, -0.25) is 4.57 Å². The van der Waals surface area contributed by atoms with Crippen molar-refractivity contribution in [3.63, 3.8) is 0 Å². The van der Waals surface area contributed by atoms with Crippen LogP contribution in [0.25, 0.3) is 11.2 Å². The van der Waals surface area contributed by atoms with Crippen molar-refractivity contribution in [2.24, 2.45) is 7.05 Å². The number of hydrogen-bond donors (Lipinski definition) is 2. The van der Waals surface area contributed by atoms with Crippen molar-refractivity contribution in [1.29, 1.82) is 5.26 Å². The molecule has 2 aromatic heterocycles. The van der Waals surface area contributed by atoms with Gasteiger partial charge in [0.1, 0.15) is 17.4 Å². The van der Waals surface area contributed by atoms with Crippen LogP contribution in [0.3, 0.4) is 0 Å². The van der Waals surface area contributed by atoms with E-state index < -0.39 is 29.5 Å². The number of halogens is 3. The largest absolute Gasteiger partial charge is 0.378 e. The van der Waals surface area contributed by atoms with Gasteiger partial charge in [0.05, 0.1) is 30.5 Å². The molecule has 0 saturated carbocycles.